The van der Waals surface area contributed by atoms with Crippen molar-refractivity contribution < 1.29 is 17.9 Å². The van der Waals surface area contributed by atoms with Crippen LogP contribution in [0.4, 0.5) is 4.79 Å². The van der Waals surface area contributed by atoms with Crippen LogP contribution in [0.5, 0.6) is 0 Å². The molecule has 112 valence electrons. The van der Waals surface area contributed by atoms with Crippen LogP contribution in [0.3, 0.4) is 0 Å². The molecule has 0 spiro atoms. The number of hydrogen-bond acceptors (Lipinski definition) is 5. The van der Waals surface area contributed by atoms with Gasteiger partial charge in [-0.3, -0.25) is 0 Å². The molecule has 1 unspecified atom stereocenters. The number of nitrogens with zero attached hydrogens (tertiary/aromatic N) is 1. The third-order valence-electron chi connectivity index (χ3n) is 2.86. The van der Waals surface area contributed by atoms with Crippen molar-refractivity contribution in [1.82, 2.24) is 14.3 Å². The molecule has 19 heavy (non-hydrogen) atoms. The van der Waals surface area contributed by atoms with Crippen molar-refractivity contribution in [3.8, 4) is 0 Å². The minimum Gasteiger partial charge on any atom is -0.446 e. The zero-order valence-corrected chi connectivity index (χ0v) is 12.5. The topological polar surface area (TPSA) is 87.7 Å². The smallest absolute Gasteiger partial charge is 0.422 e. The summed E-state index contributed by atoms with van der Waals surface area (Å²) >= 11 is 0. The Kier molecular flexibility index (Phi) is 6.02. The lowest BCUT2D eigenvalue weighted by molar-refractivity contribution is 0.121. The third kappa shape index (κ3) is 5.75. The first-order valence-electron chi connectivity index (χ1n) is 6.49. The highest BCUT2D eigenvalue weighted by Crippen LogP contribution is 2.09. The van der Waals surface area contributed by atoms with E-state index in [9.17, 15) is 13.2 Å². The molecule has 8 heteroatoms. The SMILES string of the molecule is CC(C)OC(=O)NS(=O)(=O)N(C)CC1CCCCN1. The highest BCUT2D eigenvalue weighted by atomic mass is 32.2. The Balaban J connectivity index is 2.48. The molecule has 0 saturated carbocycles. The van der Waals surface area contributed by atoms with Gasteiger partial charge < -0.3 is 10.1 Å². The number of hydrogen-bond donors (Lipinski definition) is 2. The fourth-order valence-electron chi connectivity index (χ4n) is 1.91. The van der Waals surface area contributed by atoms with Crippen LogP contribution in [-0.2, 0) is 14.9 Å². The monoisotopic (exact) mass is 293 g/mol. The predicted molar refractivity (Wildman–Crippen MR) is 71.9 cm³/mol. The van der Waals surface area contributed by atoms with Crippen LogP contribution in [-0.4, -0.2) is 51.1 Å². The zero-order chi connectivity index (χ0) is 14.5. The van der Waals surface area contributed by atoms with Crippen molar-refractivity contribution in [3.63, 3.8) is 0 Å². The van der Waals surface area contributed by atoms with Gasteiger partial charge in [0.15, 0.2) is 0 Å². The van der Waals surface area contributed by atoms with Crippen molar-refractivity contribution in [1.29, 1.82) is 0 Å². The number of amides is 1. The van der Waals surface area contributed by atoms with Crippen LogP contribution in [0.2, 0.25) is 0 Å². The highest BCUT2D eigenvalue weighted by molar-refractivity contribution is 7.87. The number of carbonyl (C=O) groups excluding carboxylic acids is 1. The van der Waals surface area contributed by atoms with Crippen LogP contribution in [0.1, 0.15) is 33.1 Å². The van der Waals surface area contributed by atoms with E-state index in [-0.39, 0.29) is 12.1 Å². The number of carbonyl (C=O) groups is 1. The van der Waals surface area contributed by atoms with E-state index in [0.717, 1.165) is 30.1 Å². The number of rotatable bonds is 5. The summed E-state index contributed by atoms with van der Waals surface area (Å²) in [6.07, 6.45) is 1.84. The molecule has 7 nitrogen and oxygen atoms in total. The van der Waals surface area contributed by atoms with Crippen molar-refractivity contribution in [2.24, 2.45) is 0 Å². The van der Waals surface area contributed by atoms with E-state index in [1.54, 1.807) is 13.8 Å². The molecular formula is C11H23N3O4S. The molecule has 1 atom stereocenters. The standard InChI is InChI=1S/C11H23N3O4S/c1-9(2)18-11(15)13-19(16,17)14(3)8-10-6-4-5-7-12-10/h9-10,12H,4-8H2,1-3H3,(H,13,15). The van der Waals surface area contributed by atoms with Gasteiger partial charge in [0.25, 0.3) is 0 Å². The van der Waals surface area contributed by atoms with Crippen molar-refractivity contribution in [3.05, 3.63) is 0 Å². The quantitative estimate of drug-likeness (QED) is 0.768. The van der Waals surface area contributed by atoms with Gasteiger partial charge in [-0.15, -0.1) is 0 Å². The van der Waals surface area contributed by atoms with Crippen LogP contribution in [0.25, 0.3) is 0 Å². The molecule has 2 N–H and O–H groups in total. The average molecular weight is 293 g/mol. The van der Waals surface area contributed by atoms with E-state index < -0.39 is 16.3 Å². The van der Waals surface area contributed by atoms with E-state index in [1.165, 1.54) is 7.05 Å². The van der Waals surface area contributed by atoms with Crippen molar-refractivity contribution in [2.75, 3.05) is 20.1 Å². The summed E-state index contributed by atoms with van der Waals surface area (Å²) in [6, 6.07) is 0.136. The Labute approximate surface area is 114 Å². The molecule has 0 aromatic heterocycles. The number of likely N-dealkylation sites (N-methyl/N-ethyl adjacent to an activating group) is 1. The summed E-state index contributed by atoms with van der Waals surface area (Å²) in [5, 5.41) is 3.26. The maximum atomic E-state index is 11.9. The molecule has 0 aromatic carbocycles. The maximum absolute atomic E-state index is 11.9. The fraction of sp³-hybridized carbons (Fsp3) is 0.909. The van der Waals surface area contributed by atoms with Crippen LogP contribution in [0.15, 0.2) is 0 Å². The Bertz CT molecular complexity index is 391. The van der Waals surface area contributed by atoms with Gasteiger partial charge in [0.1, 0.15) is 0 Å². The van der Waals surface area contributed by atoms with Gasteiger partial charge in [0, 0.05) is 19.6 Å². The first-order valence-corrected chi connectivity index (χ1v) is 7.93. The molecule has 1 amide bonds. The van der Waals surface area contributed by atoms with Gasteiger partial charge in [-0.1, -0.05) is 6.42 Å². The predicted octanol–water partition coefficient (Wildman–Crippen LogP) is 0.440. The highest BCUT2D eigenvalue weighted by Gasteiger charge is 2.25. The van der Waals surface area contributed by atoms with Crippen molar-refractivity contribution in [2.45, 2.75) is 45.3 Å². The molecule has 1 aliphatic rings. The molecule has 1 rings (SSSR count). The van der Waals surface area contributed by atoms with Gasteiger partial charge in [-0.05, 0) is 33.2 Å². The van der Waals surface area contributed by atoms with Gasteiger partial charge in [-0.2, -0.15) is 12.7 Å². The summed E-state index contributed by atoms with van der Waals surface area (Å²) in [4.78, 5) is 11.3. The van der Waals surface area contributed by atoms with Gasteiger partial charge in [0.05, 0.1) is 6.10 Å². The normalized spacial score (nSPS) is 20.6. The first kappa shape index (κ1) is 16.2. The molecule has 0 bridgehead atoms. The van der Waals surface area contributed by atoms with Crippen LogP contribution in [0, 0.1) is 0 Å². The Hall–Kier alpha value is -0.860. The first-order chi connectivity index (χ1) is 8.81. The maximum Gasteiger partial charge on any atom is 0.422 e. The fourth-order valence-corrected chi connectivity index (χ4v) is 2.70. The third-order valence-corrected chi connectivity index (χ3v) is 4.25. The molecule has 1 aliphatic heterocycles. The minimum atomic E-state index is -3.84. The Morgan fingerprint density at radius 2 is 2.16 bits per heavy atom. The number of ether oxygens (including phenoxy) is 1. The second-order valence-electron chi connectivity index (χ2n) is 4.99. The van der Waals surface area contributed by atoms with E-state index in [2.05, 4.69) is 5.32 Å². The summed E-state index contributed by atoms with van der Waals surface area (Å²) < 4.78 is 31.5. The largest absolute Gasteiger partial charge is 0.446 e. The van der Waals surface area contributed by atoms with Crippen LogP contribution >= 0.6 is 0 Å². The summed E-state index contributed by atoms with van der Waals surface area (Å²) in [7, 11) is -2.39. The molecule has 0 aromatic rings. The lowest BCUT2D eigenvalue weighted by Crippen LogP contribution is -2.48. The van der Waals surface area contributed by atoms with Gasteiger partial charge in [0.2, 0.25) is 0 Å². The lowest BCUT2D eigenvalue weighted by Gasteiger charge is -2.27. The number of piperidine rings is 1. The van der Waals surface area contributed by atoms with E-state index in [4.69, 9.17) is 4.74 Å². The summed E-state index contributed by atoms with van der Waals surface area (Å²) in [5.41, 5.74) is 0. The Morgan fingerprint density at radius 3 is 2.68 bits per heavy atom. The van der Waals surface area contributed by atoms with Crippen molar-refractivity contribution >= 4 is 16.3 Å². The van der Waals surface area contributed by atoms with E-state index in [1.807, 2.05) is 4.72 Å². The molecule has 0 radical (unpaired) electrons. The zero-order valence-electron chi connectivity index (χ0n) is 11.7. The molecule has 1 fully saturated rings. The average Bonchev–Trinajstić information content (AvgIpc) is 2.28. The van der Waals surface area contributed by atoms with E-state index >= 15 is 0 Å². The second kappa shape index (κ2) is 7.06. The van der Waals surface area contributed by atoms with Gasteiger partial charge in [-0.25, -0.2) is 9.52 Å². The van der Waals surface area contributed by atoms with E-state index in [0.29, 0.717) is 6.54 Å². The minimum absolute atomic E-state index is 0.136. The molecule has 1 saturated heterocycles. The Morgan fingerprint density at radius 1 is 1.47 bits per heavy atom. The van der Waals surface area contributed by atoms with Crippen LogP contribution < -0.4 is 10.0 Å². The molecule has 1 heterocycles. The van der Waals surface area contributed by atoms with Gasteiger partial charge >= 0.3 is 16.3 Å². The lowest BCUT2D eigenvalue weighted by atomic mass is 10.1. The second-order valence-corrected chi connectivity index (χ2v) is 6.77. The molecular weight excluding hydrogens is 270 g/mol. The summed E-state index contributed by atoms with van der Waals surface area (Å²) in [6.45, 7) is 4.55. The summed E-state index contributed by atoms with van der Waals surface area (Å²) in [5.74, 6) is 0. The number of nitrogens with one attached hydrogen (secondary N) is 2. The molecule has 0 aliphatic carbocycles.